The number of hydrogen-bond acceptors (Lipinski definition) is 7. The number of methoxy groups -OCH3 is 2. The Hall–Kier alpha value is -3.68. The first kappa shape index (κ1) is 20.1. The SMILES string of the molecule is COc1cc(C(=O)OCC(C)=O)cc(CN2C(=O)c3ccccc3C2=O)c1OC. The van der Waals surface area contributed by atoms with Crippen molar-refractivity contribution < 1.29 is 33.4 Å². The van der Waals surface area contributed by atoms with Gasteiger partial charge in [0.2, 0.25) is 0 Å². The summed E-state index contributed by atoms with van der Waals surface area (Å²) in [4.78, 5) is 49.8. The first-order valence-corrected chi connectivity index (χ1v) is 8.74. The molecule has 150 valence electrons. The van der Waals surface area contributed by atoms with Crippen molar-refractivity contribution in [2.45, 2.75) is 13.5 Å². The summed E-state index contributed by atoms with van der Waals surface area (Å²) >= 11 is 0. The number of nitrogens with zero attached hydrogens (tertiary/aromatic N) is 1. The molecule has 0 saturated carbocycles. The van der Waals surface area contributed by atoms with E-state index in [0.717, 1.165) is 4.90 Å². The highest BCUT2D eigenvalue weighted by Crippen LogP contribution is 2.35. The molecule has 0 spiro atoms. The molecule has 0 bridgehead atoms. The third-order valence-electron chi connectivity index (χ3n) is 4.40. The van der Waals surface area contributed by atoms with Crippen molar-refractivity contribution in [3.05, 3.63) is 58.7 Å². The number of carbonyl (C=O) groups excluding carboxylic acids is 4. The van der Waals surface area contributed by atoms with Gasteiger partial charge in [-0.25, -0.2) is 4.79 Å². The maximum Gasteiger partial charge on any atom is 0.338 e. The zero-order valence-electron chi connectivity index (χ0n) is 16.2. The van der Waals surface area contributed by atoms with Gasteiger partial charge in [0, 0.05) is 5.56 Å². The molecule has 8 heteroatoms. The van der Waals surface area contributed by atoms with Crippen LogP contribution in [0.1, 0.15) is 43.6 Å². The molecule has 0 saturated heterocycles. The molecule has 8 nitrogen and oxygen atoms in total. The Labute approximate surface area is 167 Å². The van der Waals surface area contributed by atoms with Crippen molar-refractivity contribution in [2.75, 3.05) is 20.8 Å². The van der Waals surface area contributed by atoms with E-state index < -0.39 is 17.8 Å². The van der Waals surface area contributed by atoms with E-state index in [1.54, 1.807) is 24.3 Å². The quantitative estimate of drug-likeness (QED) is 0.522. The van der Waals surface area contributed by atoms with Gasteiger partial charge in [-0.1, -0.05) is 12.1 Å². The second-order valence-corrected chi connectivity index (χ2v) is 6.39. The van der Waals surface area contributed by atoms with E-state index in [4.69, 9.17) is 14.2 Å². The van der Waals surface area contributed by atoms with Crippen LogP contribution in [0.3, 0.4) is 0 Å². The van der Waals surface area contributed by atoms with Crippen molar-refractivity contribution in [1.82, 2.24) is 4.90 Å². The zero-order chi connectivity index (χ0) is 21.1. The van der Waals surface area contributed by atoms with E-state index >= 15 is 0 Å². The lowest BCUT2D eigenvalue weighted by molar-refractivity contribution is -0.120. The van der Waals surface area contributed by atoms with Gasteiger partial charge in [0.1, 0.15) is 6.61 Å². The van der Waals surface area contributed by atoms with Crippen LogP contribution in [0.5, 0.6) is 11.5 Å². The van der Waals surface area contributed by atoms with Crippen LogP contribution >= 0.6 is 0 Å². The zero-order valence-corrected chi connectivity index (χ0v) is 16.2. The number of ether oxygens (including phenoxy) is 3. The summed E-state index contributed by atoms with van der Waals surface area (Å²) in [6.45, 7) is 0.816. The minimum Gasteiger partial charge on any atom is -0.493 e. The van der Waals surface area contributed by atoms with Crippen LogP contribution < -0.4 is 9.47 Å². The molecule has 0 radical (unpaired) electrons. The van der Waals surface area contributed by atoms with E-state index in [1.807, 2.05) is 0 Å². The second-order valence-electron chi connectivity index (χ2n) is 6.39. The smallest absolute Gasteiger partial charge is 0.338 e. The number of carbonyl (C=O) groups is 4. The van der Waals surface area contributed by atoms with Crippen LogP contribution in [0.15, 0.2) is 36.4 Å². The van der Waals surface area contributed by atoms with E-state index in [0.29, 0.717) is 16.7 Å². The summed E-state index contributed by atoms with van der Waals surface area (Å²) in [5.41, 5.74) is 1.13. The highest BCUT2D eigenvalue weighted by Gasteiger charge is 2.36. The van der Waals surface area contributed by atoms with Crippen LogP contribution in [0.25, 0.3) is 0 Å². The van der Waals surface area contributed by atoms with E-state index in [9.17, 15) is 19.2 Å². The van der Waals surface area contributed by atoms with Gasteiger partial charge in [-0.2, -0.15) is 0 Å². The first-order chi connectivity index (χ1) is 13.9. The molecule has 0 aliphatic carbocycles. The highest BCUT2D eigenvalue weighted by atomic mass is 16.5. The Morgan fingerprint density at radius 3 is 2.10 bits per heavy atom. The average molecular weight is 397 g/mol. The number of ketones is 1. The topological polar surface area (TPSA) is 99.2 Å². The number of esters is 1. The summed E-state index contributed by atoms with van der Waals surface area (Å²) < 4.78 is 15.6. The Morgan fingerprint density at radius 1 is 0.966 bits per heavy atom. The summed E-state index contributed by atoms with van der Waals surface area (Å²) in [7, 11) is 2.81. The third kappa shape index (κ3) is 3.82. The number of rotatable bonds is 7. The van der Waals surface area contributed by atoms with Crippen molar-refractivity contribution in [1.29, 1.82) is 0 Å². The van der Waals surface area contributed by atoms with Gasteiger partial charge >= 0.3 is 5.97 Å². The van der Waals surface area contributed by atoms with Crippen molar-refractivity contribution in [3.8, 4) is 11.5 Å². The van der Waals surface area contributed by atoms with Gasteiger partial charge in [-0.05, 0) is 31.2 Å². The predicted octanol–water partition coefficient (Wildman–Crippen LogP) is 2.25. The van der Waals surface area contributed by atoms with Gasteiger partial charge in [0.25, 0.3) is 11.8 Å². The predicted molar refractivity (Wildman–Crippen MR) is 101 cm³/mol. The Bertz CT molecular complexity index is 977. The molecule has 0 N–H and O–H groups in total. The van der Waals surface area contributed by atoms with Crippen molar-refractivity contribution >= 4 is 23.6 Å². The maximum absolute atomic E-state index is 12.7. The molecule has 1 aliphatic rings. The fraction of sp³-hybridized carbons (Fsp3) is 0.238. The normalized spacial score (nSPS) is 12.6. The standard InChI is InChI=1S/C21H19NO7/c1-12(23)11-29-21(26)13-8-14(18(28-3)17(9-13)27-2)10-22-19(24)15-6-4-5-7-16(15)20(22)25/h4-9H,10-11H2,1-3H3. The molecule has 1 heterocycles. The van der Waals surface area contributed by atoms with Crippen LogP contribution in [-0.4, -0.2) is 49.3 Å². The molecule has 0 aromatic heterocycles. The number of benzene rings is 2. The fourth-order valence-electron chi connectivity index (χ4n) is 3.08. The van der Waals surface area contributed by atoms with Gasteiger partial charge in [0.05, 0.1) is 37.5 Å². The number of amides is 2. The molecule has 0 unspecified atom stereocenters. The van der Waals surface area contributed by atoms with Crippen LogP contribution in [0.2, 0.25) is 0 Å². The molecule has 2 aromatic carbocycles. The lowest BCUT2D eigenvalue weighted by atomic mass is 10.1. The molecule has 0 fully saturated rings. The maximum atomic E-state index is 12.7. The summed E-state index contributed by atoms with van der Waals surface area (Å²) in [5.74, 6) is -1.38. The largest absolute Gasteiger partial charge is 0.493 e. The fourth-order valence-corrected chi connectivity index (χ4v) is 3.08. The number of Topliss-reactive ketones (excluding diaryl/α,β-unsaturated/α-hetero) is 1. The van der Waals surface area contributed by atoms with Crippen LogP contribution in [0, 0.1) is 0 Å². The molecule has 1 aliphatic heterocycles. The Balaban J connectivity index is 1.97. The van der Waals surface area contributed by atoms with Gasteiger partial charge in [-0.3, -0.25) is 19.3 Å². The van der Waals surface area contributed by atoms with Crippen molar-refractivity contribution in [2.24, 2.45) is 0 Å². The van der Waals surface area contributed by atoms with Crippen molar-refractivity contribution in [3.63, 3.8) is 0 Å². The molecule has 0 atom stereocenters. The molecular weight excluding hydrogens is 378 g/mol. The summed E-state index contributed by atoms with van der Waals surface area (Å²) in [6, 6.07) is 9.40. The Kier molecular flexibility index (Phi) is 5.63. The second kappa shape index (κ2) is 8.14. The number of imide groups is 1. The molecule has 29 heavy (non-hydrogen) atoms. The van der Waals surface area contributed by atoms with Gasteiger partial charge < -0.3 is 14.2 Å². The first-order valence-electron chi connectivity index (χ1n) is 8.74. The van der Waals surface area contributed by atoms with Crippen LogP contribution in [0.4, 0.5) is 0 Å². The minimum absolute atomic E-state index is 0.107. The van der Waals surface area contributed by atoms with E-state index in [-0.39, 0.29) is 36.0 Å². The van der Waals surface area contributed by atoms with Gasteiger partial charge in [-0.15, -0.1) is 0 Å². The lowest BCUT2D eigenvalue weighted by Crippen LogP contribution is -2.29. The molecular formula is C21H19NO7. The number of fused-ring (bicyclic) bond motifs is 1. The van der Waals surface area contributed by atoms with E-state index in [2.05, 4.69) is 0 Å². The molecule has 2 amide bonds. The summed E-state index contributed by atoms with van der Waals surface area (Å²) in [5, 5.41) is 0. The van der Waals surface area contributed by atoms with Crippen LogP contribution in [-0.2, 0) is 16.1 Å². The van der Waals surface area contributed by atoms with Gasteiger partial charge in [0.15, 0.2) is 17.3 Å². The molecule has 2 aromatic rings. The third-order valence-corrected chi connectivity index (χ3v) is 4.40. The van der Waals surface area contributed by atoms with E-state index in [1.165, 1.54) is 33.3 Å². The monoisotopic (exact) mass is 397 g/mol. The Morgan fingerprint density at radius 2 is 1.59 bits per heavy atom. The molecule has 3 rings (SSSR count). The highest BCUT2D eigenvalue weighted by molar-refractivity contribution is 6.21. The lowest BCUT2D eigenvalue weighted by Gasteiger charge is -2.19. The minimum atomic E-state index is -0.732. The number of hydrogen-bond donors (Lipinski definition) is 0. The average Bonchev–Trinajstić information content (AvgIpc) is 2.96. The summed E-state index contributed by atoms with van der Waals surface area (Å²) in [6.07, 6.45) is 0.